The predicted molar refractivity (Wildman–Crippen MR) is 70.7 cm³/mol. The van der Waals surface area contributed by atoms with E-state index in [0.717, 1.165) is 10.4 Å². The minimum Gasteiger partial charge on any atom is -0.355 e. The predicted octanol–water partition coefficient (Wildman–Crippen LogP) is -0.205. The summed E-state index contributed by atoms with van der Waals surface area (Å²) in [6.07, 6.45) is 0.512. The normalized spacial score (nSPS) is 17.6. The SMILES string of the molecule is NCc1c(F)cccc1S(=O)(=O)N1CCCNC(=O)C1. The number of amides is 1. The average molecular weight is 301 g/mol. The molecule has 1 aliphatic heterocycles. The average Bonchev–Trinajstić information content (AvgIpc) is 2.63. The van der Waals surface area contributed by atoms with E-state index >= 15 is 0 Å². The lowest BCUT2D eigenvalue weighted by molar-refractivity contribution is -0.120. The third-order valence-corrected chi connectivity index (χ3v) is 5.05. The first-order valence-corrected chi connectivity index (χ1v) is 7.65. The van der Waals surface area contributed by atoms with Gasteiger partial charge in [0, 0.05) is 25.2 Å². The highest BCUT2D eigenvalue weighted by molar-refractivity contribution is 7.89. The fourth-order valence-corrected chi connectivity index (χ4v) is 3.78. The molecule has 1 aromatic carbocycles. The Hall–Kier alpha value is -1.51. The fourth-order valence-electron chi connectivity index (χ4n) is 2.10. The van der Waals surface area contributed by atoms with E-state index in [4.69, 9.17) is 5.73 Å². The van der Waals surface area contributed by atoms with E-state index in [2.05, 4.69) is 5.32 Å². The van der Waals surface area contributed by atoms with Crippen LogP contribution in [0, 0.1) is 5.82 Å². The number of hydrogen-bond acceptors (Lipinski definition) is 4. The maximum Gasteiger partial charge on any atom is 0.243 e. The quantitative estimate of drug-likeness (QED) is 0.808. The molecule has 110 valence electrons. The van der Waals surface area contributed by atoms with Crippen molar-refractivity contribution in [1.82, 2.24) is 9.62 Å². The van der Waals surface area contributed by atoms with Gasteiger partial charge in [0.1, 0.15) is 5.82 Å². The van der Waals surface area contributed by atoms with Crippen molar-refractivity contribution in [2.75, 3.05) is 19.6 Å². The van der Waals surface area contributed by atoms with E-state index in [-0.39, 0.29) is 36.0 Å². The van der Waals surface area contributed by atoms with E-state index in [1.54, 1.807) is 0 Å². The molecule has 1 heterocycles. The number of sulfonamides is 1. The van der Waals surface area contributed by atoms with Crippen LogP contribution in [0.25, 0.3) is 0 Å². The Morgan fingerprint density at radius 2 is 2.15 bits per heavy atom. The van der Waals surface area contributed by atoms with Gasteiger partial charge in [0.05, 0.1) is 11.4 Å². The number of rotatable bonds is 3. The number of carbonyl (C=O) groups is 1. The van der Waals surface area contributed by atoms with Gasteiger partial charge in [-0.2, -0.15) is 4.31 Å². The fraction of sp³-hybridized carbons (Fsp3) is 0.417. The number of benzene rings is 1. The number of nitrogens with two attached hydrogens (primary N) is 1. The summed E-state index contributed by atoms with van der Waals surface area (Å²) < 4.78 is 39.8. The number of carbonyl (C=O) groups excluding carboxylic acids is 1. The zero-order valence-corrected chi connectivity index (χ0v) is 11.6. The van der Waals surface area contributed by atoms with Gasteiger partial charge < -0.3 is 11.1 Å². The van der Waals surface area contributed by atoms with Gasteiger partial charge in [-0.1, -0.05) is 6.07 Å². The number of hydrogen-bond donors (Lipinski definition) is 2. The molecule has 0 saturated carbocycles. The Morgan fingerprint density at radius 3 is 2.85 bits per heavy atom. The second kappa shape index (κ2) is 5.86. The summed E-state index contributed by atoms with van der Waals surface area (Å²) in [7, 11) is -3.93. The molecule has 3 N–H and O–H groups in total. The number of nitrogens with one attached hydrogen (secondary N) is 1. The Morgan fingerprint density at radius 1 is 1.40 bits per heavy atom. The van der Waals surface area contributed by atoms with Crippen molar-refractivity contribution in [1.29, 1.82) is 0 Å². The summed E-state index contributed by atoms with van der Waals surface area (Å²) in [5, 5.41) is 2.59. The van der Waals surface area contributed by atoms with Crippen molar-refractivity contribution in [2.45, 2.75) is 17.9 Å². The van der Waals surface area contributed by atoms with E-state index < -0.39 is 15.8 Å². The Labute approximate surface area is 116 Å². The van der Waals surface area contributed by atoms with Crippen LogP contribution in [0.5, 0.6) is 0 Å². The van der Waals surface area contributed by atoms with Crippen LogP contribution in [0.4, 0.5) is 4.39 Å². The number of halogens is 1. The van der Waals surface area contributed by atoms with Crippen molar-refractivity contribution in [3.05, 3.63) is 29.6 Å². The summed E-state index contributed by atoms with van der Waals surface area (Å²) in [4.78, 5) is 11.3. The van der Waals surface area contributed by atoms with Crippen molar-refractivity contribution in [3.63, 3.8) is 0 Å². The standard InChI is InChI=1S/C12H16FN3O3S/c13-10-3-1-4-11(9(10)7-14)20(18,19)16-6-2-5-15-12(17)8-16/h1,3-4H,2,5-8,14H2,(H,15,17). The Balaban J connectivity index is 2.44. The lowest BCUT2D eigenvalue weighted by Crippen LogP contribution is -2.37. The first-order valence-electron chi connectivity index (χ1n) is 6.21. The van der Waals surface area contributed by atoms with E-state index in [1.165, 1.54) is 12.1 Å². The molecule has 0 radical (unpaired) electrons. The molecule has 1 amide bonds. The molecule has 0 unspecified atom stereocenters. The van der Waals surface area contributed by atoms with Gasteiger partial charge in [0.25, 0.3) is 0 Å². The van der Waals surface area contributed by atoms with Crippen molar-refractivity contribution in [3.8, 4) is 0 Å². The van der Waals surface area contributed by atoms with Crippen molar-refractivity contribution >= 4 is 15.9 Å². The minimum absolute atomic E-state index is 0.0582. The summed E-state index contributed by atoms with van der Waals surface area (Å²) in [6, 6.07) is 3.79. The first-order chi connectivity index (χ1) is 9.46. The minimum atomic E-state index is -3.93. The van der Waals surface area contributed by atoms with Crippen molar-refractivity contribution in [2.24, 2.45) is 5.73 Å². The molecule has 0 aromatic heterocycles. The van der Waals surface area contributed by atoms with Crippen LogP contribution in [0.3, 0.4) is 0 Å². The zero-order chi connectivity index (χ0) is 14.8. The molecular weight excluding hydrogens is 285 g/mol. The molecule has 20 heavy (non-hydrogen) atoms. The van der Waals surface area contributed by atoms with Gasteiger partial charge in [-0.25, -0.2) is 12.8 Å². The molecule has 1 fully saturated rings. The van der Waals surface area contributed by atoms with Crippen LogP contribution < -0.4 is 11.1 Å². The summed E-state index contributed by atoms with van der Waals surface area (Å²) >= 11 is 0. The van der Waals surface area contributed by atoms with Crippen LogP contribution in [-0.4, -0.2) is 38.3 Å². The van der Waals surface area contributed by atoms with E-state index in [1.807, 2.05) is 0 Å². The second-order valence-corrected chi connectivity index (χ2v) is 6.37. The van der Waals surface area contributed by atoms with E-state index in [0.29, 0.717) is 13.0 Å². The van der Waals surface area contributed by atoms with Gasteiger partial charge in [0.15, 0.2) is 0 Å². The molecule has 0 spiro atoms. The summed E-state index contributed by atoms with van der Waals surface area (Å²) in [5.41, 5.74) is 5.38. The molecule has 1 aliphatic rings. The molecule has 8 heteroatoms. The third-order valence-electron chi connectivity index (χ3n) is 3.12. The van der Waals surface area contributed by atoms with Crippen LogP contribution >= 0.6 is 0 Å². The second-order valence-electron chi connectivity index (χ2n) is 4.46. The molecule has 0 aliphatic carbocycles. The molecule has 1 saturated heterocycles. The monoisotopic (exact) mass is 301 g/mol. The third kappa shape index (κ3) is 2.82. The van der Waals surface area contributed by atoms with Gasteiger partial charge in [0.2, 0.25) is 15.9 Å². The topological polar surface area (TPSA) is 92.5 Å². The van der Waals surface area contributed by atoms with Crippen LogP contribution in [0.15, 0.2) is 23.1 Å². The highest BCUT2D eigenvalue weighted by Gasteiger charge is 2.30. The lowest BCUT2D eigenvalue weighted by Gasteiger charge is -2.20. The smallest absolute Gasteiger partial charge is 0.243 e. The van der Waals surface area contributed by atoms with Crippen LogP contribution in [0.2, 0.25) is 0 Å². The molecule has 1 aromatic rings. The van der Waals surface area contributed by atoms with Crippen LogP contribution in [-0.2, 0) is 21.4 Å². The Bertz CT molecular complexity index is 618. The highest BCUT2D eigenvalue weighted by atomic mass is 32.2. The molecule has 2 rings (SSSR count). The maximum absolute atomic E-state index is 13.7. The zero-order valence-electron chi connectivity index (χ0n) is 10.8. The number of nitrogens with zero attached hydrogens (tertiary/aromatic N) is 1. The van der Waals surface area contributed by atoms with Crippen molar-refractivity contribution < 1.29 is 17.6 Å². The van der Waals surface area contributed by atoms with Gasteiger partial charge in [-0.15, -0.1) is 0 Å². The maximum atomic E-state index is 13.7. The van der Waals surface area contributed by atoms with Gasteiger partial charge in [-0.05, 0) is 18.6 Å². The highest BCUT2D eigenvalue weighted by Crippen LogP contribution is 2.22. The summed E-state index contributed by atoms with van der Waals surface area (Å²) in [6.45, 7) is 0.156. The largest absolute Gasteiger partial charge is 0.355 e. The molecule has 0 atom stereocenters. The van der Waals surface area contributed by atoms with Gasteiger partial charge in [-0.3, -0.25) is 4.79 Å². The first kappa shape index (κ1) is 14.9. The Kier molecular flexibility index (Phi) is 4.36. The van der Waals surface area contributed by atoms with E-state index in [9.17, 15) is 17.6 Å². The van der Waals surface area contributed by atoms with Crippen LogP contribution in [0.1, 0.15) is 12.0 Å². The molecule has 0 bridgehead atoms. The molecule has 6 nitrogen and oxygen atoms in total. The lowest BCUT2D eigenvalue weighted by atomic mass is 10.2. The summed E-state index contributed by atoms with van der Waals surface area (Å²) in [5.74, 6) is -1.02. The van der Waals surface area contributed by atoms with Gasteiger partial charge >= 0.3 is 0 Å². The molecular formula is C12H16FN3O3S.